The molecule has 1 aromatic heterocycles. The molecule has 1 aliphatic heterocycles. The lowest BCUT2D eigenvalue weighted by Gasteiger charge is -2.36. The van der Waals surface area contributed by atoms with Gasteiger partial charge in [0.25, 0.3) is 0 Å². The van der Waals surface area contributed by atoms with E-state index in [2.05, 4.69) is 5.32 Å². The van der Waals surface area contributed by atoms with Gasteiger partial charge in [0.2, 0.25) is 11.8 Å². The van der Waals surface area contributed by atoms with Crippen molar-refractivity contribution >= 4 is 34.8 Å². The van der Waals surface area contributed by atoms with Crippen LogP contribution >= 0.6 is 22.9 Å². The molecule has 1 aliphatic carbocycles. The molecule has 1 saturated carbocycles. The zero-order valence-electron chi connectivity index (χ0n) is 10.6. The van der Waals surface area contributed by atoms with Crippen LogP contribution in [0.1, 0.15) is 30.7 Å². The van der Waals surface area contributed by atoms with E-state index in [0.29, 0.717) is 10.3 Å². The molecule has 19 heavy (non-hydrogen) atoms. The summed E-state index contributed by atoms with van der Waals surface area (Å²) in [5.41, 5.74) is 0. The maximum atomic E-state index is 12.5. The summed E-state index contributed by atoms with van der Waals surface area (Å²) < 4.78 is 0.703. The van der Waals surface area contributed by atoms with Crippen LogP contribution in [0, 0.1) is 5.92 Å². The van der Waals surface area contributed by atoms with E-state index in [1.807, 2.05) is 19.1 Å². The monoisotopic (exact) mass is 298 g/mol. The molecule has 2 fully saturated rings. The zero-order valence-corrected chi connectivity index (χ0v) is 12.1. The largest absolute Gasteiger partial charge is 0.342 e. The number of carbonyl (C=O) groups is 2. The third-order valence-corrected chi connectivity index (χ3v) is 5.15. The van der Waals surface area contributed by atoms with Crippen LogP contribution in [0.2, 0.25) is 4.34 Å². The lowest BCUT2D eigenvalue weighted by Crippen LogP contribution is -2.59. The van der Waals surface area contributed by atoms with Crippen molar-refractivity contribution in [3.8, 4) is 0 Å². The highest BCUT2D eigenvalue weighted by Gasteiger charge is 2.44. The average molecular weight is 299 g/mol. The highest BCUT2D eigenvalue weighted by molar-refractivity contribution is 7.16. The van der Waals surface area contributed by atoms with Gasteiger partial charge in [-0.05, 0) is 37.8 Å². The molecule has 3 rings (SSSR count). The second-order valence-corrected chi connectivity index (χ2v) is 6.91. The van der Waals surface area contributed by atoms with Gasteiger partial charge in [0.1, 0.15) is 12.6 Å². The van der Waals surface area contributed by atoms with Gasteiger partial charge in [-0.2, -0.15) is 0 Å². The van der Waals surface area contributed by atoms with Crippen molar-refractivity contribution in [1.29, 1.82) is 0 Å². The van der Waals surface area contributed by atoms with Crippen LogP contribution in [-0.2, 0) is 9.59 Å². The van der Waals surface area contributed by atoms with Crippen molar-refractivity contribution in [2.75, 3.05) is 6.54 Å². The Labute approximate surface area is 120 Å². The SMILES string of the molecule is CC(c1ccc(Cl)s1)N1CC(=O)NC(C2CC2)C1=O. The minimum Gasteiger partial charge on any atom is -0.342 e. The van der Waals surface area contributed by atoms with Crippen molar-refractivity contribution in [1.82, 2.24) is 10.2 Å². The molecule has 1 aromatic rings. The first-order valence-electron chi connectivity index (χ1n) is 6.41. The topological polar surface area (TPSA) is 49.4 Å². The van der Waals surface area contributed by atoms with Gasteiger partial charge in [-0.1, -0.05) is 11.6 Å². The first kappa shape index (κ1) is 12.9. The smallest absolute Gasteiger partial charge is 0.246 e. The Kier molecular flexibility index (Phi) is 3.27. The van der Waals surface area contributed by atoms with Crippen LogP contribution in [-0.4, -0.2) is 29.3 Å². The van der Waals surface area contributed by atoms with Gasteiger partial charge in [0.15, 0.2) is 0 Å². The maximum absolute atomic E-state index is 12.5. The molecule has 102 valence electrons. The normalized spacial score (nSPS) is 25.4. The summed E-state index contributed by atoms with van der Waals surface area (Å²) in [4.78, 5) is 26.9. The van der Waals surface area contributed by atoms with E-state index >= 15 is 0 Å². The van der Waals surface area contributed by atoms with Gasteiger partial charge >= 0.3 is 0 Å². The molecule has 0 bridgehead atoms. The van der Waals surface area contributed by atoms with E-state index in [1.165, 1.54) is 11.3 Å². The van der Waals surface area contributed by atoms with Crippen LogP contribution < -0.4 is 5.32 Å². The number of rotatable bonds is 3. The minimum atomic E-state index is -0.320. The summed E-state index contributed by atoms with van der Waals surface area (Å²) in [6.45, 7) is 2.08. The predicted molar refractivity (Wildman–Crippen MR) is 74.1 cm³/mol. The lowest BCUT2D eigenvalue weighted by atomic mass is 10.1. The summed E-state index contributed by atoms with van der Waals surface area (Å²) in [6, 6.07) is 3.32. The Morgan fingerprint density at radius 3 is 2.74 bits per heavy atom. The first-order chi connectivity index (χ1) is 9.06. The Bertz CT molecular complexity index is 526. The molecular weight excluding hydrogens is 284 g/mol. The minimum absolute atomic E-state index is 0.0409. The number of nitrogens with one attached hydrogen (secondary N) is 1. The van der Waals surface area contributed by atoms with Crippen LogP contribution in [0.3, 0.4) is 0 Å². The molecule has 2 heterocycles. The quantitative estimate of drug-likeness (QED) is 0.930. The van der Waals surface area contributed by atoms with Crippen LogP contribution in [0.25, 0.3) is 0 Å². The highest BCUT2D eigenvalue weighted by Crippen LogP contribution is 2.37. The van der Waals surface area contributed by atoms with Gasteiger partial charge in [-0.15, -0.1) is 11.3 Å². The molecule has 0 aromatic carbocycles. The van der Waals surface area contributed by atoms with Crippen molar-refractivity contribution in [3.63, 3.8) is 0 Å². The standard InChI is InChI=1S/C13H15ClN2O2S/c1-7(9-4-5-10(14)19-9)16-6-11(17)15-12(13(16)18)8-2-3-8/h4-5,7-8,12H,2-3,6H2,1H3,(H,15,17). The third-order valence-electron chi connectivity index (χ3n) is 3.75. The molecular formula is C13H15ClN2O2S. The van der Waals surface area contributed by atoms with Gasteiger partial charge in [-0.3, -0.25) is 9.59 Å². The Balaban J connectivity index is 1.81. The molecule has 6 heteroatoms. The first-order valence-corrected chi connectivity index (χ1v) is 7.61. The molecule has 2 amide bonds. The molecule has 4 nitrogen and oxygen atoms in total. The molecule has 0 spiro atoms. The number of nitrogens with zero attached hydrogens (tertiary/aromatic N) is 1. The number of piperazine rings is 1. The number of hydrogen-bond acceptors (Lipinski definition) is 3. The van der Waals surface area contributed by atoms with Crippen LogP contribution in [0.4, 0.5) is 0 Å². The summed E-state index contributed by atoms with van der Waals surface area (Å²) in [5, 5.41) is 2.82. The van der Waals surface area contributed by atoms with E-state index in [1.54, 1.807) is 4.90 Å². The van der Waals surface area contributed by atoms with Crippen LogP contribution in [0.5, 0.6) is 0 Å². The van der Waals surface area contributed by atoms with E-state index in [9.17, 15) is 9.59 Å². The molecule has 2 aliphatic rings. The van der Waals surface area contributed by atoms with E-state index in [-0.39, 0.29) is 30.4 Å². The van der Waals surface area contributed by atoms with Gasteiger partial charge in [-0.25, -0.2) is 0 Å². The van der Waals surface area contributed by atoms with Crippen molar-refractivity contribution in [2.45, 2.75) is 31.8 Å². The fraction of sp³-hybridized carbons (Fsp3) is 0.538. The number of halogens is 1. The van der Waals surface area contributed by atoms with E-state index < -0.39 is 0 Å². The summed E-state index contributed by atoms with van der Waals surface area (Å²) >= 11 is 7.39. The van der Waals surface area contributed by atoms with Crippen molar-refractivity contribution in [2.24, 2.45) is 5.92 Å². The number of hydrogen-bond donors (Lipinski definition) is 1. The van der Waals surface area contributed by atoms with Crippen LogP contribution in [0.15, 0.2) is 12.1 Å². The van der Waals surface area contributed by atoms with Crippen molar-refractivity contribution < 1.29 is 9.59 Å². The number of thiophene rings is 1. The highest BCUT2D eigenvalue weighted by atomic mass is 35.5. The second-order valence-electron chi connectivity index (χ2n) is 5.17. The molecule has 2 atom stereocenters. The number of carbonyl (C=O) groups excluding carboxylic acids is 2. The van der Waals surface area contributed by atoms with Gasteiger partial charge < -0.3 is 10.2 Å². The summed E-state index contributed by atoms with van der Waals surface area (Å²) in [5.74, 6) is 0.309. The second kappa shape index (κ2) is 4.80. The number of amides is 2. The van der Waals surface area contributed by atoms with Gasteiger partial charge in [0.05, 0.1) is 10.4 Å². The molecule has 0 radical (unpaired) electrons. The summed E-state index contributed by atoms with van der Waals surface area (Å²) in [7, 11) is 0. The average Bonchev–Trinajstić information content (AvgIpc) is 3.13. The van der Waals surface area contributed by atoms with Gasteiger partial charge in [0, 0.05) is 4.88 Å². The fourth-order valence-electron chi connectivity index (χ4n) is 2.48. The molecule has 1 N–H and O–H groups in total. The zero-order chi connectivity index (χ0) is 13.6. The molecule has 2 unspecified atom stereocenters. The fourth-order valence-corrected chi connectivity index (χ4v) is 3.60. The van der Waals surface area contributed by atoms with E-state index in [0.717, 1.165) is 17.7 Å². The maximum Gasteiger partial charge on any atom is 0.246 e. The summed E-state index contributed by atoms with van der Waals surface area (Å²) in [6.07, 6.45) is 2.06. The third kappa shape index (κ3) is 2.49. The van der Waals surface area contributed by atoms with E-state index in [4.69, 9.17) is 11.6 Å². The molecule has 1 saturated heterocycles. The lowest BCUT2D eigenvalue weighted by molar-refractivity contribution is -0.147. The Morgan fingerprint density at radius 2 is 2.16 bits per heavy atom. The predicted octanol–water partition coefficient (Wildman–Crippen LogP) is 2.20. The Morgan fingerprint density at radius 1 is 1.42 bits per heavy atom. The van der Waals surface area contributed by atoms with Crippen molar-refractivity contribution in [3.05, 3.63) is 21.3 Å². The Hall–Kier alpha value is -1.07.